The van der Waals surface area contributed by atoms with Crippen molar-refractivity contribution in [2.45, 2.75) is 20.3 Å². The lowest BCUT2D eigenvalue weighted by atomic mass is 9.88. The van der Waals surface area contributed by atoms with Crippen LogP contribution in [0.3, 0.4) is 0 Å². The molecule has 0 atom stereocenters. The largest absolute Gasteiger partial charge is 0.374 e. The third kappa shape index (κ3) is 3.27. The number of hydrogen-bond acceptors (Lipinski definition) is 2. The number of benzene rings is 2. The van der Waals surface area contributed by atoms with Gasteiger partial charge in [-0.25, -0.2) is 0 Å². The maximum absolute atomic E-state index is 5.70. The second kappa shape index (κ2) is 5.62. The number of hydrogen-bond donors (Lipinski definition) is 1. The standard InChI is InChI=1S/C17H24N2/c1-17(2,11-12-18)13-19(3)16-10-6-8-14-7-4-5-9-15(14)16/h4-10H,11-13,18H2,1-3H3. The van der Waals surface area contributed by atoms with Gasteiger partial charge in [-0.1, -0.05) is 50.2 Å². The monoisotopic (exact) mass is 256 g/mol. The summed E-state index contributed by atoms with van der Waals surface area (Å²) in [4.78, 5) is 2.35. The molecule has 0 aliphatic carbocycles. The molecule has 0 bridgehead atoms. The van der Waals surface area contributed by atoms with Gasteiger partial charge in [-0.3, -0.25) is 0 Å². The first-order valence-corrected chi connectivity index (χ1v) is 6.92. The quantitative estimate of drug-likeness (QED) is 0.884. The van der Waals surface area contributed by atoms with Crippen molar-refractivity contribution < 1.29 is 0 Å². The molecule has 2 rings (SSSR count). The SMILES string of the molecule is CN(CC(C)(C)CCN)c1cccc2ccccc12. The Morgan fingerprint density at radius 1 is 1.05 bits per heavy atom. The van der Waals surface area contributed by atoms with Gasteiger partial charge in [-0.15, -0.1) is 0 Å². The lowest BCUT2D eigenvalue weighted by Gasteiger charge is -2.32. The molecule has 0 unspecified atom stereocenters. The highest BCUT2D eigenvalue weighted by molar-refractivity contribution is 5.94. The van der Waals surface area contributed by atoms with E-state index in [0.717, 1.165) is 19.5 Å². The molecule has 19 heavy (non-hydrogen) atoms. The van der Waals surface area contributed by atoms with E-state index in [4.69, 9.17) is 5.73 Å². The van der Waals surface area contributed by atoms with Crippen LogP contribution in [-0.4, -0.2) is 20.1 Å². The van der Waals surface area contributed by atoms with E-state index in [1.54, 1.807) is 0 Å². The van der Waals surface area contributed by atoms with Crippen LogP contribution in [0.2, 0.25) is 0 Å². The van der Waals surface area contributed by atoms with Gasteiger partial charge >= 0.3 is 0 Å². The van der Waals surface area contributed by atoms with Gasteiger partial charge in [-0.2, -0.15) is 0 Å². The van der Waals surface area contributed by atoms with Crippen LogP contribution >= 0.6 is 0 Å². The van der Waals surface area contributed by atoms with Crippen molar-refractivity contribution >= 4 is 16.5 Å². The molecule has 2 N–H and O–H groups in total. The molecular weight excluding hydrogens is 232 g/mol. The molecule has 0 saturated carbocycles. The maximum atomic E-state index is 5.70. The van der Waals surface area contributed by atoms with Gasteiger partial charge in [0.1, 0.15) is 0 Å². The highest BCUT2D eigenvalue weighted by atomic mass is 15.1. The van der Waals surface area contributed by atoms with Gasteiger partial charge in [0.15, 0.2) is 0 Å². The van der Waals surface area contributed by atoms with Gasteiger partial charge in [0.05, 0.1) is 0 Å². The summed E-state index contributed by atoms with van der Waals surface area (Å²) in [6.07, 6.45) is 1.04. The summed E-state index contributed by atoms with van der Waals surface area (Å²) in [5.74, 6) is 0. The van der Waals surface area contributed by atoms with E-state index in [0.29, 0.717) is 0 Å². The molecule has 2 aromatic rings. The van der Waals surface area contributed by atoms with Crippen molar-refractivity contribution in [3.63, 3.8) is 0 Å². The van der Waals surface area contributed by atoms with Crippen molar-refractivity contribution in [1.82, 2.24) is 0 Å². The molecule has 0 saturated heterocycles. The van der Waals surface area contributed by atoms with Gasteiger partial charge in [-0.05, 0) is 29.8 Å². The normalized spacial score (nSPS) is 11.8. The van der Waals surface area contributed by atoms with E-state index >= 15 is 0 Å². The van der Waals surface area contributed by atoms with Crippen molar-refractivity contribution in [3.05, 3.63) is 42.5 Å². The number of anilines is 1. The van der Waals surface area contributed by atoms with E-state index in [2.05, 4.69) is 68.3 Å². The predicted molar refractivity (Wildman–Crippen MR) is 84.7 cm³/mol. The second-order valence-electron chi connectivity index (χ2n) is 6.06. The van der Waals surface area contributed by atoms with Gasteiger partial charge in [0.2, 0.25) is 0 Å². The predicted octanol–water partition coefficient (Wildman–Crippen LogP) is 3.65. The molecule has 0 aromatic heterocycles. The molecule has 0 amide bonds. The molecule has 2 heteroatoms. The third-order valence-electron chi connectivity index (χ3n) is 3.66. The number of nitrogens with zero attached hydrogens (tertiary/aromatic N) is 1. The van der Waals surface area contributed by atoms with E-state index in [9.17, 15) is 0 Å². The topological polar surface area (TPSA) is 29.3 Å². The molecular formula is C17H24N2. The fraction of sp³-hybridized carbons (Fsp3) is 0.412. The van der Waals surface area contributed by atoms with Gasteiger partial charge in [0, 0.05) is 24.7 Å². The molecule has 0 fully saturated rings. The zero-order valence-electron chi connectivity index (χ0n) is 12.2. The van der Waals surface area contributed by atoms with Crippen LogP contribution in [0.15, 0.2) is 42.5 Å². The second-order valence-corrected chi connectivity index (χ2v) is 6.06. The lowest BCUT2D eigenvalue weighted by Crippen LogP contribution is -2.33. The molecule has 0 aliphatic heterocycles. The fourth-order valence-corrected chi connectivity index (χ4v) is 2.74. The van der Waals surface area contributed by atoms with E-state index in [1.165, 1.54) is 16.5 Å². The minimum absolute atomic E-state index is 0.237. The summed E-state index contributed by atoms with van der Waals surface area (Å²) >= 11 is 0. The number of nitrogens with two attached hydrogens (primary N) is 1. The van der Waals surface area contributed by atoms with E-state index in [-0.39, 0.29) is 5.41 Å². The Balaban J connectivity index is 2.29. The van der Waals surface area contributed by atoms with Crippen molar-refractivity contribution in [1.29, 1.82) is 0 Å². The third-order valence-corrected chi connectivity index (χ3v) is 3.66. The molecule has 102 valence electrons. The minimum atomic E-state index is 0.237. The highest BCUT2D eigenvalue weighted by Crippen LogP contribution is 2.29. The summed E-state index contributed by atoms with van der Waals surface area (Å²) in [6.45, 7) is 6.32. The van der Waals surface area contributed by atoms with Crippen molar-refractivity contribution in [3.8, 4) is 0 Å². The zero-order chi connectivity index (χ0) is 13.9. The summed E-state index contributed by atoms with van der Waals surface area (Å²) in [6, 6.07) is 15.0. The van der Waals surface area contributed by atoms with Crippen LogP contribution in [-0.2, 0) is 0 Å². The molecule has 0 heterocycles. The first kappa shape index (κ1) is 13.9. The first-order valence-electron chi connectivity index (χ1n) is 6.92. The average molecular weight is 256 g/mol. The fourth-order valence-electron chi connectivity index (χ4n) is 2.74. The van der Waals surface area contributed by atoms with Crippen LogP contribution in [0.1, 0.15) is 20.3 Å². The van der Waals surface area contributed by atoms with Crippen molar-refractivity contribution in [2.24, 2.45) is 11.1 Å². The Morgan fingerprint density at radius 2 is 1.74 bits per heavy atom. The van der Waals surface area contributed by atoms with Gasteiger partial charge in [0.25, 0.3) is 0 Å². The Morgan fingerprint density at radius 3 is 2.47 bits per heavy atom. The lowest BCUT2D eigenvalue weighted by molar-refractivity contribution is 0.348. The Labute approximate surface area is 116 Å². The Bertz CT molecular complexity index is 540. The summed E-state index contributed by atoms with van der Waals surface area (Å²) in [5, 5.41) is 2.61. The summed E-state index contributed by atoms with van der Waals surface area (Å²) in [7, 11) is 2.17. The molecule has 0 spiro atoms. The highest BCUT2D eigenvalue weighted by Gasteiger charge is 2.20. The Kier molecular flexibility index (Phi) is 4.11. The smallest absolute Gasteiger partial charge is 0.0443 e. The maximum Gasteiger partial charge on any atom is 0.0443 e. The van der Waals surface area contributed by atoms with Crippen LogP contribution in [0.25, 0.3) is 10.8 Å². The van der Waals surface area contributed by atoms with Crippen LogP contribution in [0, 0.1) is 5.41 Å². The molecule has 0 aliphatic rings. The van der Waals surface area contributed by atoms with Crippen LogP contribution in [0.5, 0.6) is 0 Å². The van der Waals surface area contributed by atoms with Crippen LogP contribution < -0.4 is 10.6 Å². The first-order chi connectivity index (χ1) is 9.03. The van der Waals surface area contributed by atoms with Gasteiger partial charge < -0.3 is 10.6 Å². The average Bonchev–Trinajstić information content (AvgIpc) is 2.37. The number of rotatable bonds is 5. The van der Waals surface area contributed by atoms with Crippen molar-refractivity contribution in [2.75, 3.05) is 25.0 Å². The van der Waals surface area contributed by atoms with E-state index < -0.39 is 0 Å². The zero-order valence-corrected chi connectivity index (χ0v) is 12.2. The number of fused-ring (bicyclic) bond motifs is 1. The molecule has 2 nitrogen and oxygen atoms in total. The van der Waals surface area contributed by atoms with E-state index in [1.807, 2.05) is 0 Å². The summed E-state index contributed by atoms with van der Waals surface area (Å²) in [5.41, 5.74) is 7.23. The summed E-state index contributed by atoms with van der Waals surface area (Å²) < 4.78 is 0. The molecule has 2 aromatic carbocycles. The Hall–Kier alpha value is -1.54. The van der Waals surface area contributed by atoms with Crippen LogP contribution in [0.4, 0.5) is 5.69 Å². The minimum Gasteiger partial charge on any atom is -0.374 e. The molecule has 0 radical (unpaired) electrons.